The van der Waals surface area contributed by atoms with Crippen LogP contribution in [0.5, 0.6) is 0 Å². The van der Waals surface area contributed by atoms with Crippen molar-refractivity contribution in [3.8, 4) is 0 Å². The number of hydrogen-bond donors (Lipinski definition) is 0. The zero-order valence-corrected chi connectivity index (χ0v) is 17.6. The SMILES string of the molecule is C=CCOC(=O)CCC(=O)OCCCCCCCCCCCCCCCC. The molecule has 4 nitrogen and oxygen atoms in total. The largest absolute Gasteiger partial charge is 0.466 e. The maximum Gasteiger partial charge on any atom is 0.306 e. The van der Waals surface area contributed by atoms with Crippen LogP contribution in [-0.4, -0.2) is 25.2 Å². The van der Waals surface area contributed by atoms with E-state index in [2.05, 4.69) is 13.5 Å². The van der Waals surface area contributed by atoms with Crippen molar-refractivity contribution in [2.45, 2.75) is 110 Å². The van der Waals surface area contributed by atoms with E-state index in [9.17, 15) is 9.59 Å². The summed E-state index contributed by atoms with van der Waals surface area (Å²) in [6.07, 6.45) is 20.0. The quantitative estimate of drug-likeness (QED) is 0.137. The second-order valence-electron chi connectivity index (χ2n) is 7.29. The van der Waals surface area contributed by atoms with Crippen molar-refractivity contribution < 1.29 is 19.1 Å². The average Bonchev–Trinajstić information content (AvgIpc) is 2.67. The molecule has 0 aliphatic heterocycles. The zero-order chi connectivity index (χ0) is 20.0. The Hall–Kier alpha value is -1.32. The molecule has 0 aromatic rings. The van der Waals surface area contributed by atoms with E-state index in [0.29, 0.717) is 6.61 Å². The summed E-state index contributed by atoms with van der Waals surface area (Å²) in [5.74, 6) is -0.705. The van der Waals surface area contributed by atoms with E-state index in [1.807, 2.05) is 0 Å². The van der Waals surface area contributed by atoms with Crippen LogP contribution < -0.4 is 0 Å². The third-order valence-corrected chi connectivity index (χ3v) is 4.66. The van der Waals surface area contributed by atoms with Gasteiger partial charge in [0.15, 0.2) is 0 Å². The molecule has 0 amide bonds. The first kappa shape index (κ1) is 25.7. The molecule has 0 saturated carbocycles. The van der Waals surface area contributed by atoms with E-state index in [0.717, 1.165) is 12.8 Å². The van der Waals surface area contributed by atoms with E-state index in [-0.39, 0.29) is 31.4 Å². The number of hydrogen-bond acceptors (Lipinski definition) is 4. The monoisotopic (exact) mass is 382 g/mol. The van der Waals surface area contributed by atoms with Crippen LogP contribution in [0.1, 0.15) is 110 Å². The molecule has 0 heterocycles. The van der Waals surface area contributed by atoms with Gasteiger partial charge in [0.25, 0.3) is 0 Å². The third kappa shape index (κ3) is 20.8. The molecule has 0 spiro atoms. The molecule has 158 valence electrons. The molecule has 27 heavy (non-hydrogen) atoms. The molecule has 0 bridgehead atoms. The molecule has 0 rings (SSSR count). The second kappa shape index (κ2) is 21.0. The van der Waals surface area contributed by atoms with Gasteiger partial charge < -0.3 is 9.47 Å². The van der Waals surface area contributed by atoms with E-state index < -0.39 is 0 Å². The summed E-state index contributed by atoms with van der Waals surface area (Å²) >= 11 is 0. The zero-order valence-electron chi connectivity index (χ0n) is 17.6. The van der Waals surface area contributed by atoms with Gasteiger partial charge in [-0.2, -0.15) is 0 Å². The predicted molar refractivity (Wildman–Crippen MR) is 112 cm³/mol. The second-order valence-corrected chi connectivity index (χ2v) is 7.29. The maximum atomic E-state index is 11.5. The van der Waals surface area contributed by atoms with Crippen LogP contribution in [0.3, 0.4) is 0 Å². The van der Waals surface area contributed by atoms with Crippen molar-refractivity contribution in [3.05, 3.63) is 12.7 Å². The fraction of sp³-hybridized carbons (Fsp3) is 0.826. The number of carbonyl (C=O) groups is 2. The molecule has 0 fully saturated rings. The van der Waals surface area contributed by atoms with E-state index >= 15 is 0 Å². The van der Waals surface area contributed by atoms with E-state index in [4.69, 9.17) is 9.47 Å². The summed E-state index contributed by atoms with van der Waals surface area (Å²) in [5.41, 5.74) is 0. The van der Waals surface area contributed by atoms with Crippen molar-refractivity contribution in [3.63, 3.8) is 0 Å². The highest BCUT2D eigenvalue weighted by Crippen LogP contribution is 2.13. The first-order valence-electron chi connectivity index (χ1n) is 11.1. The van der Waals surface area contributed by atoms with Crippen LogP contribution in [0.4, 0.5) is 0 Å². The molecule has 4 heteroatoms. The fourth-order valence-corrected chi connectivity index (χ4v) is 2.98. The first-order valence-corrected chi connectivity index (χ1v) is 11.1. The lowest BCUT2D eigenvalue weighted by atomic mass is 10.0. The van der Waals surface area contributed by atoms with E-state index in [1.54, 1.807) is 0 Å². The fourth-order valence-electron chi connectivity index (χ4n) is 2.98. The van der Waals surface area contributed by atoms with Crippen molar-refractivity contribution in [2.75, 3.05) is 13.2 Å². The Morgan fingerprint density at radius 2 is 1.07 bits per heavy atom. The van der Waals surface area contributed by atoms with Gasteiger partial charge in [-0.1, -0.05) is 103 Å². The molecular weight excluding hydrogens is 340 g/mol. The molecule has 0 aliphatic carbocycles. The average molecular weight is 383 g/mol. The predicted octanol–water partition coefficient (Wildman–Crippen LogP) is 6.52. The van der Waals surface area contributed by atoms with Gasteiger partial charge in [0, 0.05) is 0 Å². The molecule has 0 unspecified atom stereocenters. The van der Waals surface area contributed by atoms with Gasteiger partial charge in [0.2, 0.25) is 0 Å². The third-order valence-electron chi connectivity index (χ3n) is 4.66. The van der Waals surface area contributed by atoms with Gasteiger partial charge in [0.1, 0.15) is 6.61 Å². The van der Waals surface area contributed by atoms with Crippen molar-refractivity contribution in [2.24, 2.45) is 0 Å². The molecule has 0 aliphatic rings. The summed E-state index contributed by atoms with van der Waals surface area (Å²) in [6.45, 7) is 6.37. The maximum absolute atomic E-state index is 11.5. The molecular formula is C23H42O4. The summed E-state index contributed by atoms with van der Waals surface area (Å²) in [4.78, 5) is 22.7. The Kier molecular flexibility index (Phi) is 20.0. The summed E-state index contributed by atoms with van der Waals surface area (Å²) in [5, 5.41) is 0. The number of carbonyl (C=O) groups excluding carboxylic acids is 2. The van der Waals surface area contributed by atoms with Crippen LogP contribution >= 0.6 is 0 Å². The molecule has 0 aromatic heterocycles. The Labute approximate surface area is 167 Å². The molecule has 0 radical (unpaired) electrons. The molecule has 0 saturated heterocycles. The Morgan fingerprint density at radius 3 is 1.52 bits per heavy atom. The Morgan fingerprint density at radius 1 is 0.667 bits per heavy atom. The van der Waals surface area contributed by atoms with Gasteiger partial charge >= 0.3 is 11.9 Å². The summed E-state index contributed by atoms with van der Waals surface area (Å²) in [7, 11) is 0. The lowest BCUT2D eigenvalue weighted by Gasteiger charge is -2.05. The smallest absolute Gasteiger partial charge is 0.306 e. The van der Waals surface area contributed by atoms with Gasteiger partial charge in [0.05, 0.1) is 19.4 Å². The van der Waals surface area contributed by atoms with Crippen LogP contribution in [0, 0.1) is 0 Å². The topological polar surface area (TPSA) is 52.6 Å². The van der Waals surface area contributed by atoms with Crippen LogP contribution in [0.2, 0.25) is 0 Å². The highest BCUT2D eigenvalue weighted by atomic mass is 16.5. The number of unbranched alkanes of at least 4 members (excludes halogenated alkanes) is 13. The van der Waals surface area contributed by atoms with Crippen molar-refractivity contribution in [1.29, 1.82) is 0 Å². The van der Waals surface area contributed by atoms with Gasteiger partial charge in [-0.25, -0.2) is 0 Å². The first-order chi connectivity index (χ1) is 13.2. The Balaban J connectivity index is 3.21. The lowest BCUT2D eigenvalue weighted by molar-refractivity contribution is -0.149. The highest BCUT2D eigenvalue weighted by Gasteiger charge is 2.08. The molecule has 0 atom stereocenters. The number of esters is 2. The standard InChI is InChI=1S/C23H42O4/c1-3-5-6-7-8-9-10-11-12-13-14-15-16-17-21-27-23(25)19-18-22(24)26-20-4-2/h4H,2-3,5-21H2,1H3. The minimum atomic E-state index is -0.386. The lowest BCUT2D eigenvalue weighted by Crippen LogP contribution is -2.11. The molecule has 0 aromatic carbocycles. The Bertz CT molecular complexity index is 365. The van der Waals surface area contributed by atoms with Crippen LogP contribution in [0.25, 0.3) is 0 Å². The molecule has 0 N–H and O–H groups in total. The van der Waals surface area contributed by atoms with Gasteiger partial charge in [-0.15, -0.1) is 0 Å². The minimum absolute atomic E-state index is 0.0748. The minimum Gasteiger partial charge on any atom is -0.466 e. The van der Waals surface area contributed by atoms with Crippen molar-refractivity contribution in [1.82, 2.24) is 0 Å². The van der Waals surface area contributed by atoms with Crippen LogP contribution in [-0.2, 0) is 19.1 Å². The highest BCUT2D eigenvalue weighted by molar-refractivity contribution is 5.77. The normalized spacial score (nSPS) is 10.6. The number of rotatable bonds is 20. The van der Waals surface area contributed by atoms with Gasteiger partial charge in [-0.3, -0.25) is 9.59 Å². The van der Waals surface area contributed by atoms with Gasteiger partial charge in [-0.05, 0) is 6.42 Å². The van der Waals surface area contributed by atoms with E-state index in [1.165, 1.54) is 83.1 Å². The summed E-state index contributed by atoms with van der Waals surface area (Å²) in [6, 6.07) is 0. The van der Waals surface area contributed by atoms with Crippen LogP contribution in [0.15, 0.2) is 12.7 Å². The van der Waals surface area contributed by atoms with Crippen molar-refractivity contribution >= 4 is 11.9 Å². The summed E-state index contributed by atoms with van der Waals surface area (Å²) < 4.78 is 9.94. The number of ether oxygens (including phenoxy) is 2.